The highest BCUT2D eigenvalue weighted by atomic mass is 16.6. The number of nitrogens with one attached hydrogen (secondary N) is 1. The lowest BCUT2D eigenvalue weighted by atomic mass is 10.1. The van der Waals surface area contributed by atoms with Crippen molar-refractivity contribution in [3.05, 3.63) is 57.1 Å². The highest BCUT2D eigenvalue weighted by Gasteiger charge is 2.16. The average molecular weight is 344 g/mol. The van der Waals surface area contributed by atoms with Crippen molar-refractivity contribution in [2.24, 2.45) is 0 Å². The van der Waals surface area contributed by atoms with E-state index in [-0.39, 0.29) is 11.6 Å². The highest BCUT2D eigenvalue weighted by Crippen LogP contribution is 2.30. The third-order valence-electron chi connectivity index (χ3n) is 3.69. The molecule has 0 spiro atoms. The van der Waals surface area contributed by atoms with E-state index in [2.05, 4.69) is 5.32 Å². The predicted octanol–water partition coefficient (Wildman–Crippen LogP) is 3.87. The van der Waals surface area contributed by atoms with E-state index in [1.165, 1.54) is 19.2 Å². The Kier molecular flexibility index (Phi) is 5.59. The maximum atomic E-state index is 12.5. The molecule has 132 valence electrons. The molecule has 0 aliphatic rings. The number of amides is 1. The van der Waals surface area contributed by atoms with Crippen LogP contribution in [0.15, 0.2) is 30.3 Å². The van der Waals surface area contributed by atoms with Gasteiger partial charge in [0, 0.05) is 23.4 Å². The fourth-order valence-electron chi connectivity index (χ4n) is 2.51. The molecule has 7 nitrogen and oxygen atoms in total. The molecule has 1 amide bonds. The van der Waals surface area contributed by atoms with Crippen LogP contribution < -0.4 is 14.8 Å². The van der Waals surface area contributed by atoms with Crippen LogP contribution in [-0.2, 0) is 0 Å². The number of carbonyl (C=O) groups excluding carboxylic acids is 1. The van der Waals surface area contributed by atoms with Crippen molar-refractivity contribution in [1.82, 2.24) is 0 Å². The second kappa shape index (κ2) is 7.65. The van der Waals surface area contributed by atoms with Crippen molar-refractivity contribution in [1.29, 1.82) is 0 Å². The number of nitro groups is 1. The summed E-state index contributed by atoms with van der Waals surface area (Å²) >= 11 is 0. The zero-order valence-electron chi connectivity index (χ0n) is 14.6. The minimum absolute atomic E-state index is 0.00395. The number of anilines is 1. The molecule has 0 aromatic heterocycles. The number of carbonyl (C=O) groups is 1. The van der Waals surface area contributed by atoms with Crippen molar-refractivity contribution in [3.8, 4) is 11.5 Å². The standard InChI is InChI=1S/C18H20N2O5/c1-5-25-15-7-6-13(10-16(15)24-4)18(21)19-17-11(2)8-14(20(22)23)9-12(17)3/h6-10H,5H2,1-4H3,(H,19,21). The van der Waals surface area contributed by atoms with Gasteiger partial charge in [0.25, 0.3) is 11.6 Å². The quantitative estimate of drug-likeness (QED) is 0.634. The van der Waals surface area contributed by atoms with Crippen molar-refractivity contribution < 1.29 is 19.2 Å². The monoisotopic (exact) mass is 344 g/mol. The third-order valence-corrected chi connectivity index (χ3v) is 3.69. The fourth-order valence-corrected chi connectivity index (χ4v) is 2.51. The number of nitro benzene ring substituents is 1. The zero-order valence-corrected chi connectivity index (χ0v) is 14.6. The number of aryl methyl sites for hydroxylation is 2. The lowest BCUT2D eigenvalue weighted by Crippen LogP contribution is -2.14. The van der Waals surface area contributed by atoms with E-state index in [1.54, 1.807) is 32.0 Å². The number of non-ortho nitro benzene ring substituents is 1. The van der Waals surface area contributed by atoms with Crippen molar-refractivity contribution in [3.63, 3.8) is 0 Å². The van der Waals surface area contributed by atoms with Crippen LogP contribution in [0.1, 0.15) is 28.4 Å². The molecule has 0 heterocycles. The lowest BCUT2D eigenvalue weighted by Gasteiger charge is -2.13. The van der Waals surface area contributed by atoms with E-state index in [9.17, 15) is 14.9 Å². The van der Waals surface area contributed by atoms with Gasteiger partial charge < -0.3 is 14.8 Å². The van der Waals surface area contributed by atoms with E-state index in [0.29, 0.717) is 40.5 Å². The van der Waals surface area contributed by atoms with Crippen molar-refractivity contribution in [2.45, 2.75) is 20.8 Å². The van der Waals surface area contributed by atoms with Crippen LogP contribution >= 0.6 is 0 Å². The van der Waals surface area contributed by atoms with E-state index in [4.69, 9.17) is 9.47 Å². The first kappa shape index (κ1) is 18.3. The van der Waals surface area contributed by atoms with Gasteiger partial charge in [0.05, 0.1) is 18.6 Å². The van der Waals surface area contributed by atoms with Gasteiger partial charge in [-0.1, -0.05) is 0 Å². The van der Waals surface area contributed by atoms with E-state index in [0.717, 1.165) is 0 Å². The molecule has 7 heteroatoms. The van der Waals surface area contributed by atoms with E-state index in [1.807, 2.05) is 6.92 Å². The molecule has 0 aliphatic carbocycles. The maximum absolute atomic E-state index is 12.5. The van der Waals surface area contributed by atoms with E-state index < -0.39 is 4.92 Å². The molecule has 2 aromatic carbocycles. The van der Waals surface area contributed by atoms with Crippen molar-refractivity contribution in [2.75, 3.05) is 19.0 Å². The predicted molar refractivity (Wildman–Crippen MR) is 94.7 cm³/mol. The summed E-state index contributed by atoms with van der Waals surface area (Å²) in [6.07, 6.45) is 0. The number of benzene rings is 2. The Morgan fingerprint density at radius 1 is 1.16 bits per heavy atom. The molecule has 25 heavy (non-hydrogen) atoms. The molecule has 2 rings (SSSR count). The first-order valence-corrected chi connectivity index (χ1v) is 7.75. The Labute approximate surface area is 145 Å². The summed E-state index contributed by atoms with van der Waals surface area (Å²) in [5.41, 5.74) is 2.20. The lowest BCUT2D eigenvalue weighted by molar-refractivity contribution is -0.384. The Bertz CT molecular complexity index is 794. The molecule has 2 aromatic rings. The Hall–Kier alpha value is -3.09. The summed E-state index contributed by atoms with van der Waals surface area (Å²) in [6.45, 7) is 5.78. The van der Waals surface area contributed by atoms with Crippen LogP contribution in [0.5, 0.6) is 11.5 Å². The first-order valence-electron chi connectivity index (χ1n) is 7.75. The van der Waals surface area contributed by atoms with Gasteiger partial charge in [0.1, 0.15) is 0 Å². The summed E-state index contributed by atoms with van der Waals surface area (Å²) in [5, 5.41) is 13.7. The molecular formula is C18H20N2O5. The van der Waals surface area contributed by atoms with Crippen LogP contribution in [0.2, 0.25) is 0 Å². The molecule has 0 unspecified atom stereocenters. The van der Waals surface area contributed by atoms with Crippen LogP contribution in [0.25, 0.3) is 0 Å². The Morgan fingerprint density at radius 2 is 1.80 bits per heavy atom. The third kappa shape index (κ3) is 4.06. The molecule has 0 saturated heterocycles. The van der Waals surface area contributed by atoms with Gasteiger partial charge in [-0.05, 0) is 50.1 Å². The van der Waals surface area contributed by atoms with Crippen LogP contribution in [0.3, 0.4) is 0 Å². The second-order valence-corrected chi connectivity index (χ2v) is 5.46. The molecule has 0 atom stereocenters. The first-order chi connectivity index (χ1) is 11.9. The average Bonchev–Trinajstić information content (AvgIpc) is 2.58. The highest BCUT2D eigenvalue weighted by molar-refractivity contribution is 6.05. The van der Waals surface area contributed by atoms with Gasteiger partial charge in [-0.3, -0.25) is 14.9 Å². The fraction of sp³-hybridized carbons (Fsp3) is 0.278. The number of nitrogens with zero attached hydrogens (tertiary/aromatic N) is 1. The van der Waals surface area contributed by atoms with Crippen LogP contribution in [-0.4, -0.2) is 24.5 Å². The second-order valence-electron chi connectivity index (χ2n) is 5.46. The Balaban J connectivity index is 2.30. The maximum Gasteiger partial charge on any atom is 0.270 e. The molecule has 0 aliphatic heterocycles. The number of ether oxygens (including phenoxy) is 2. The van der Waals surface area contributed by atoms with Gasteiger partial charge in [-0.2, -0.15) is 0 Å². The largest absolute Gasteiger partial charge is 0.493 e. The summed E-state index contributed by atoms with van der Waals surface area (Å²) < 4.78 is 10.7. The van der Waals surface area contributed by atoms with Gasteiger partial charge >= 0.3 is 0 Å². The van der Waals surface area contributed by atoms with Gasteiger partial charge in [-0.15, -0.1) is 0 Å². The normalized spacial score (nSPS) is 10.2. The molecule has 0 fully saturated rings. The van der Waals surface area contributed by atoms with Crippen LogP contribution in [0.4, 0.5) is 11.4 Å². The zero-order chi connectivity index (χ0) is 18.6. The smallest absolute Gasteiger partial charge is 0.270 e. The topological polar surface area (TPSA) is 90.7 Å². The SMILES string of the molecule is CCOc1ccc(C(=O)Nc2c(C)cc([N+](=O)[O-])cc2C)cc1OC. The van der Waals surface area contributed by atoms with Gasteiger partial charge in [-0.25, -0.2) is 0 Å². The minimum Gasteiger partial charge on any atom is -0.493 e. The molecule has 0 saturated carbocycles. The number of hydrogen-bond donors (Lipinski definition) is 1. The summed E-state index contributed by atoms with van der Waals surface area (Å²) in [5.74, 6) is 0.692. The van der Waals surface area contributed by atoms with E-state index >= 15 is 0 Å². The molecule has 0 bridgehead atoms. The van der Waals surface area contributed by atoms with Gasteiger partial charge in [0.2, 0.25) is 0 Å². The summed E-state index contributed by atoms with van der Waals surface area (Å²) in [4.78, 5) is 23.0. The Morgan fingerprint density at radius 3 is 2.32 bits per heavy atom. The number of methoxy groups -OCH3 is 1. The number of rotatable bonds is 6. The summed E-state index contributed by atoms with van der Waals surface area (Å²) in [7, 11) is 1.50. The number of hydrogen-bond acceptors (Lipinski definition) is 5. The molecular weight excluding hydrogens is 324 g/mol. The van der Waals surface area contributed by atoms with Crippen molar-refractivity contribution >= 4 is 17.3 Å². The molecule has 0 radical (unpaired) electrons. The summed E-state index contributed by atoms with van der Waals surface area (Å²) in [6, 6.07) is 7.77. The minimum atomic E-state index is -0.455. The van der Waals surface area contributed by atoms with Gasteiger partial charge in [0.15, 0.2) is 11.5 Å². The van der Waals surface area contributed by atoms with Crippen LogP contribution in [0, 0.1) is 24.0 Å². The molecule has 1 N–H and O–H groups in total.